The van der Waals surface area contributed by atoms with Crippen molar-refractivity contribution in [2.24, 2.45) is 0 Å². The fourth-order valence-corrected chi connectivity index (χ4v) is 3.68. The minimum absolute atomic E-state index is 0.198. The van der Waals surface area contributed by atoms with E-state index in [1.165, 1.54) is 25.8 Å². The number of piperazine rings is 1. The maximum absolute atomic E-state index is 12.2. The van der Waals surface area contributed by atoms with Crippen LogP contribution >= 0.6 is 11.6 Å². The van der Waals surface area contributed by atoms with Gasteiger partial charge in [-0.1, -0.05) is 30.2 Å². The molecule has 2 aliphatic heterocycles. The quantitative estimate of drug-likeness (QED) is 0.799. The molecule has 114 valence electrons. The predicted molar refractivity (Wildman–Crippen MR) is 86.1 cm³/mol. The Morgan fingerprint density at radius 3 is 3.00 bits per heavy atom. The average molecular weight is 307 g/mol. The summed E-state index contributed by atoms with van der Waals surface area (Å²) < 4.78 is 0. The molecule has 1 atom stereocenters. The highest BCUT2D eigenvalue weighted by molar-refractivity contribution is 6.31. The zero-order valence-electron chi connectivity index (χ0n) is 12.4. The van der Waals surface area contributed by atoms with Crippen molar-refractivity contribution in [3.8, 4) is 0 Å². The minimum Gasteiger partial charge on any atom is -0.300 e. The van der Waals surface area contributed by atoms with Crippen molar-refractivity contribution >= 4 is 17.4 Å². The van der Waals surface area contributed by atoms with Crippen molar-refractivity contribution in [1.29, 1.82) is 0 Å². The molecule has 2 fully saturated rings. The van der Waals surface area contributed by atoms with E-state index in [1.54, 1.807) is 12.1 Å². The topological polar surface area (TPSA) is 23.6 Å². The predicted octanol–water partition coefficient (Wildman–Crippen LogP) is 3.08. The summed E-state index contributed by atoms with van der Waals surface area (Å²) in [7, 11) is 0. The van der Waals surface area contributed by atoms with Gasteiger partial charge in [0.2, 0.25) is 0 Å². The molecule has 0 N–H and O–H groups in total. The van der Waals surface area contributed by atoms with Gasteiger partial charge in [0.25, 0.3) is 0 Å². The SMILES string of the molecule is O=C(CCN1CCN2CCCCC2C1)c1cccc(Cl)c1. The number of carbonyl (C=O) groups excluding carboxylic acids is 1. The van der Waals surface area contributed by atoms with Crippen LogP contribution in [0, 0.1) is 0 Å². The summed E-state index contributed by atoms with van der Waals surface area (Å²) in [6, 6.07) is 7.99. The number of rotatable bonds is 4. The molecule has 0 radical (unpaired) electrons. The van der Waals surface area contributed by atoms with Crippen molar-refractivity contribution in [1.82, 2.24) is 9.80 Å². The van der Waals surface area contributed by atoms with Crippen LogP contribution in [0.2, 0.25) is 5.02 Å². The number of Topliss-reactive ketones (excluding diaryl/α,β-unsaturated/α-hetero) is 1. The van der Waals surface area contributed by atoms with E-state index in [9.17, 15) is 4.79 Å². The molecule has 2 saturated heterocycles. The van der Waals surface area contributed by atoms with Crippen LogP contribution < -0.4 is 0 Å². The van der Waals surface area contributed by atoms with Crippen LogP contribution in [-0.4, -0.2) is 54.3 Å². The van der Waals surface area contributed by atoms with Crippen molar-refractivity contribution in [2.75, 3.05) is 32.7 Å². The Bertz CT molecular complexity index is 505. The molecular weight excluding hydrogens is 284 g/mol. The van der Waals surface area contributed by atoms with E-state index in [4.69, 9.17) is 11.6 Å². The smallest absolute Gasteiger partial charge is 0.164 e. The lowest BCUT2D eigenvalue weighted by atomic mass is 9.99. The molecule has 0 saturated carbocycles. The first-order valence-electron chi connectivity index (χ1n) is 7.97. The van der Waals surface area contributed by atoms with Gasteiger partial charge in [0.15, 0.2) is 5.78 Å². The van der Waals surface area contributed by atoms with E-state index < -0.39 is 0 Å². The van der Waals surface area contributed by atoms with E-state index in [1.807, 2.05) is 12.1 Å². The van der Waals surface area contributed by atoms with Crippen molar-refractivity contribution in [2.45, 2.75) is 31.7 Å². The van der Waals surface area contributed by atoms with Crippen LogP contribution in [0.1, 0.15) is 36.0 Å². The molecule has 0 amide bonds. The van der Waals surface area contributed by atoms with Crippen LogP contribution in [0.25, 0.3) is 0 Å². The van der Waals surface area contributed by atoms with Crippen LogP contribution in [0.4, 0.5) is 0 Å². The lowest BCUT2D eigenvalue weighted by molar-refractivity contribution is 0.0480. The summed E-state index contributed by atoms with van der Waals surface area (Å²) >= 11 is 5.95. The van der Waals surface area contributed by atoms with Gasteiger partial charge in [-0.3, -0.25) is 9.69 Å². The summed E-state index contributed by atoms with van der Waals surface area (Å²) in [5, 5.41) is 0.636. The molecule has 21 heavy (non-hydrogen) atoms. The average Bonchev–Trinajstić information content (AvgIpc) is 2.52. The second kappa shape index (κ2) is 6.91. The van der Waals surface area contributed by atoms with Gasteiger partial charge in [-0.25, -0.2) is 0 Å². The Labute approximate surface area is 131 Å². The fourth-order valence-electron chi connectivity index (χ4n) is 3.49. The first-order chi connectivity index (χ1) is 10.2. The Morgan fingerprint density at radius 1 is 1.24 bits per heavy atom. The molecule has 1 aromatic rings. The molecular formula is C17H23ClN2O. The number of halogens is 1. The zero-order chi connectivity index (χ0) is 14.7. The van der Waals surface area contributed by atoms with Gasteiger partial charge in [-0.05, 0) is 31.5 Å². The summed E-state index contributed by atoms with van der Waals surface area (Å²) in [5.41, 5.74) is 0.735. The lowest BCUT2D eigenvalue weighted by Crippen LogP contribution is -2.54. The number of hydrogen-bond acceptors (Lipinski definition) is 3. The summed E-state index contributed by atoms with van der Waals surface area (Å²) in [5.74, 6) is 0.198. The monoisotopic (exact) mass is 306 g/mol. The first kappa shape index (κ1) is 15.0. The van der Waals surface area contributed by atoms with Crippen molar-refractivity contribution in [3.63, 3.8) is 0 Å². The second-order valence-corrected chi connectivity index (χ2v) is 6.61. The Kier molecular flexibility index (Phi) is 4.94. The lowest BCUT2D eigenvalue weighted by Gasteiger charge is -2.44. The molecule has 4 heteroatoms. The summed E-state index contributed by atoms with van der Waals surface area (Å²) in [6.45, 7) is 5.52. The molecule has 1 aromatic carbocycles. The number of fused-ring (bicyclic) bond motifs is 1. The number of hydrogen-bond donors (Lipinski definition) is 0. The van der Waals surface area contributed by atoms with Gasteiger partial charge in [-0.2, -0.15) is 0 Å². The van der Waals surface area contributed by atoms with Gasteiger partial charge in [0.05, 0.1) is 0 Å². The summed E-state index contributed by atoms with van der Waals surface area (Å²) in [6.07, 6.45) is 4.62. The maximum Gasteiger partial charge on any atom is 0.164 e. The van der Waals surface area contributed by atoms with Gasteiger partial charge in [0.1, 0.15) is 0 Å². The molecule has 0 aliphatic carbocycles. The fraction of sp³-hybridized carbons (Fsp3) is 0.588. The van der Waals surface area contributed by atoms with Gasteiger partial charge < -0.3 is 4.90 Å². The van der Waals surface area contributed by atoms with E-state index in [0.717, 1.165) is 31.7 Å². The Balaban J connectivity index is 1.50. The Morgan fingerprint density at radius 2 is 2.14 bits per heavy atom. The minimum atomic E-state index is 0.198. The van der Waals surface area contributed by atoms with Gasteiger partial charge in [-0.15, -0.1) is 0 Å². The molecule has 1 unspecified atom stereocenters. The zero-order valence-corrected chi connectivity index (χ0v) is 13.2. The highest BCUT2D eigenvalue weighted by atomic mass is 35.5. The van der Waals surface area contributed by atoms with E-state index >= 15 is 0 Å². The third-order valence-electron chi connectivity index (χ3n) is 4.72. The van der Waals surface area contributed by atoms with Crippen LogP contribution in [-0.2, 0) is 0 Å². The Hall–Kier alpha value is -0.900. The molecule has 2 aliphatic rings. The van der Waals surface area contributed by atoms with Crippen LogP contribution in [0.5, 0.6) is 0 Å². The highest BCUT2D eigenvalue weighted by Gasteiger charge is 2.28. The molecule has 3 nitrogen and oxygen atoms in total. The molecule has 0 aromatic heterocycles. The van der Waals surface area contributed by atoms with Gasteiger partial charge in [0, 0.05) is 49.2 Å². The van der Waals surface area contributed by atoms with Crippen LogP contribution in [0.15, 0.2) is 24.3 Å². The van der Waals surface area contributed by atoms with Crippen molar-refractivity contribution in [3.05, 3.63) is 34.9 Å². The number of ketones is 1. The standard InChI is InChI=1S/C17H23ClN2O/c18-15-5-3-4-14(12-15)17(21)7-9-19-10-11-20-8-2-1-6-16(20)13-19/h3-5,12,16H,1-2,6-11,13H2. The molecule has 0 bridgehead atoms. The summed E-state index contributed by atoms with van der Waals surface area (Å²) in [4.78, 5) is 17.3. The molecule has 3 rings (SSSR count). The van der Waals surface area contributed by atoms with E-state index in [2.05, 4.69) is 9.80 Å². The molecule has 0 spiro atoms. The van der Waals surface area contributed by atoms with Crippen LogP contribution in [0.3, 0.4) is 0 Å². The largest absolute Gasteiger partial charge is 0.300 e. The first-order valence-corrected chi connectivity index (χ1v) is 8.35. The van der Waals surface area contributed by atoms with Gasteiger partial charge >= 0.3 is 0 Å². The molecule has 2 heterocycles. The highest BCUT2D eigenvalue weighted by Crippen LogP contribution is 2.21. The number of piperidine rings is 1. The number of carbonyl (C=O) groups is 1. The van der Waals surface area contributed by atoms with E-state index in [-0.39, 0.29) is 5.78 Å². The third-order valence-corrected chi connectivity index (χ3v) is 4.96. The second-order valence-electron chi connectivity index (χ2n) is 6.17. The van der Waals surface area contributed by atoms with Crippen molar-refractivity contribution < 1.29 is 4.79 Å². The maximum atomic E-state index is 12.2. The number of benzene rings is 1. The number of nitrogens with zero attached hydrogens (tertiary/aromatic N) is 2. The van der Waals surface area contributed by atoms with E-state index in [0.29, 0.717) is 17.5 Å². The third kappa shape index (κ3) is 3.85. The normalized spacial score (nSPS) is 23.8.